The number of amides is 1. The number of aliphatic carboxylic acids is 1. The number of alkyl carbamates (subject to hydrolysis) is 1. The lowest BCUT2D eigenvalue weighted by Crippen LogP contribution is -2.42. The standard InChI is InChI=1S/C24H19ClFNO4/c25-20-11-14(9-10-21(20)26)12-22(23(28)29)27-24(30)31-13-19-17-7-3-1-5-15(17)16-6-2-4-8-18(16)19/h1-11,19,22H,12-13H2,(H,27,30)(H,28,29)/t22-/m0/s1. The lowest BCUT2D eigenvalue weighted by atomic mass is 9.98. The molecule has 0 heterocycles. The van der Waals surface area contributed by atoms with E-state index >= 15 is 0 Å². The molecule has 0 spiro atoms. The van der Waals surface area contributed by atoms with E-state index in [-0.39, 0.29) is 24.0 Å². The van der Waals surface area contributed by atoms with E-state index in [2.05, 4.69) is 5.32 Å². The van der Waals surface area contributed by atoms with E-state index in [9.17, 15) is 19.1 Å². The number of carboxylic acids is 1. The molecule has 0 fully saturated rings. The van der Waals surface area contributed by atoms with Crippen molar-refractivity contribution in [3.63, 3.8) is 0 Å². The second-order valence-corrected chi connectivity index (χ2v) is 7.72. The van der Waals surface area contributed by atoms with Gasteiger partial charge in [-0.15, -0.1) is 0 Å². The molecule has 0 bridgehead atoms. The van der Waals surface area contributed by atoms with Crippen LogP contribution in [0, 0.1) is 5.82 Å². The zero-order valence-electron chi connectivity index (χ0n) is 16.3. The van der Waals surface area contributed by atoms with Gasteiger partial charge in [0.2, 0.25) is 0 Å². The summed E-state index contributed by atoms with van der Waals surface area (Å²) in [6, 6.07) is 18.5. The second-order valence-electron chi connectivity index (χ2n) is 7.31. The number of carbonyl (C=O) groups excluding carboxylic acids is 1. The van der Waals surface area contributed by atoms with Gasteiger partial charge in [-0.3, -0.25) is 0 Å². The first kappa shape index (κ1) is 20.9. The highest BCUT2D eigenvalue weighted by Crippen LogP contribution is 2.44. The Bertz CT molecular complexity index is 1100. The van der Waals surface area contributed by atoms with Crippen LogP contribution in [0.15, 0.2) is 66.7 Å². The third-order valence-corrected chi connectivity index (χ3v) is 5.65. The first-order valence-electron chi connectivity index (χ1n) is 9.72. The molecule has 2 N–H and O–H groups in total. The molecule has 1 aliphatic carbocycles. The summed E-state index contributed by atoms with van der Waals surface area (Å²) in [4.78, 5) is 24.0. The quantitative estimate of drug-likeness (QED) is 0.566. The molecule has 0 saturated carbocycles. The fraction of sp³-hybridized carbons (Fsp3) is 0.167. The molecular weight excluding hydrogens is 421 g/mol. The Morgan fingerprint density at radius 1 is 1.03 bits per heavy atom. The van der Waals surface area contributed by atoms with Crippen LogP contribution in [0.3, 0.4) is 0 Å². The lowest BCUT2D eigenvalue weighted by molar-refractivity contribution is -0.139. The third kappa shape index (κ3) is 4.39. The van der Waals surface area contributed by atoms with Crippen LogP contribution in [0.2, 0.25) is 5.02 Å². The summed E-state index contributed by atoms with van der Waals surface area (Å²) >= 11 is 5.75. The third-order valence-electron chi connectivity index (χ3n) is 5.36. The van der Waals surface area contributed by atoms with Crippen molar-refractivity contribution in [1.29, 1.82) is 0 Å². The molecule has 1 aliphatic rings. The largest absolute Gasteiger partial charge is 0.480 e. The van der Waals surface area contributed by atoms with Gasteiger partial charge in [-0.2, -0.15) is 0 Å². The highest BCUT2D eigenvalue weighted by Gasteiger charge is 2.29. The average Bonchev–Trinajstić information content (AvgIpc) is 3.08. The van der Waals surface area contributed by atoms with Crippen LogP contribution in [0.5, 0.6) is 0 Å². The molecule has 0 radical (unpaired) electrons. The predicted octanol–water partition coefficient (Wildman–Crippen LogP) is 5.01. The number of carbonyl (C=O) groups is 2. The minimum atomic E-state index is -1.24. The van der Waals surface area contributed by atoms with Crippen LogP contribution in [0.1, 0.15) is 22.6 Å². The molecule has 1 amide bonds. The predicted molar refractivity (Wildman–Crippen MR) is 115 cm³/mol. The minimum absolute atomic E-state index is 0.0560. The number of ether oxygens (including phenoxy) is 1. The Labute approximate surface area is 183 Å². The minimum Gasteiger partial charge on any atom is -0.480 e. The maximum absolute atomic E-state index is 13.3. The normalized spacial score (nSPS) is 13.2. The van der Waals surface area contributed by atoms with Crippen LogP contribution in [-0.4, -0.2) is 29.8 Å². The molecule has 3 aromatic rings. The number of hydrogen-bond donors (Lipinski definition) is 2. The summed E-state index contributed by atoms with van der Waals surface area (Å²) in [5.74, 6) is -1.95. The summed E-state index contributed by atoms with van der Waals surface area (Å²) < 4.78 is 18.7. The Balaban J connectivity index is 1.43. The number of carboxylic acid groups (broad SMARTS) is 1. The SMILES string of the molecule is O=C(N[C@@H](Cc1ccc(F)c(Cl)c1)C(=O)O)OCC1c2ccccc2-c2ccccc21. The molecule has 0 aliphatic heterocycles. The molecular formula is C24H19ClFNO4. The lowest BCUT2D eigenvalue weighted by Gasteiger charge is -2.17. The van der Waals surface area contributed by atoms with Crippen molar-refractivity contribution in [1.82, 2.24) is 5.32 Å². The Kier molecular flexibility index (Phi) is 5.91. The number of benzene rings is 3. The van der Waals surface area contributed by atoms with Crippen LogP contribution in [0.25, 0.3) is 11.1 Å². The van der Waals surface area contributed by atoms with Gasteiger partial charge in [-0.1, -0.05) is 66.2 Å². The van der Waals surface area contributed by atoms with Crippen molar-refractivity contribution >= 4 is 23.7 Å². The van der Waals surface area contributed by atoms with Gasteiger partial charge in [-0.25, -0.2) is 14.0 Å². The van der Waals surface area contributed by atoms with E-state index in [4.69, 9.17) is 16.3 Å². The molecule has 31 heavy (non-hydrogen) atoms. The van der Waals surface area contributed by atoms with Crippen molar-refractivity contribution in [2.75, 3.05) is 6.61 Å². The van der Waals surface area contributed by atoms with E-state index in [0.29, 0.717) is 5.56 Å². The summed E-state index contributed by atoms with van der Waals surface area (Å²) in [5.41, 5.74) is 4.81. The summed E-state index contributed by atoms with van der Waals surface area (Å²) in [7, 11) is 0. The Morgan fingerprint density at radius 3 is 2.23 bits per heavy atom. The maximum Gasteiger partial charge on any atom is 0.407 e. The van der Waals surface area contributed by atoms with Crippen LogP contribution < -0.4 is 5.32 Å². The topological polar surface area (TPSA) is 75.6 Å². The van der Waals surface area contributed by atoms with Crippen LogP contribution >= 0.6 is 11.6 Å². The van der Waals surface area contributed by atoms with Gasteiger partial charge in [0.05, 0.1) is 5.02 Å². The molecule has 0 saturated heterocycles. The highest BCUT2D eigenvalue weighted by molar-refractivity contribution is 6.30. The summed E-state index contributed by atoms with van der Waals surface area (Å²) in [5, 5.41) is 11.7. The van der Waals surface area contributed by atoms with Gasteiger partial charge in [0, 0.05) is 12.3 Å². The van der Waals surface area contributed by atoms with Gasteiger partial charge in [0.1, 0.15) is 18.5 Å². The number of hydrogen-bond acceptors (Lipinski definition) is 3. The van der Waals surface area contributed by atoms with Gasteiger partial charge >= 0.3 is 12.1 Å². The number of fused-ring (bicyclic) bond motifs is 3. The molecule has 0 aromatic heterocycles. The molecule has 1 atom stereocenters. The van der Waals surface area contributed by atoms with E-state index < -0.39 is 23.9 Å². The van der Waals surface area contributed by atoms with E-state index in [1.165, 1.54) is 12.1 Å². The molecule has 4 rings (SSSR count). The smallest absolute Gasteiger partial charge is 0.407 e. The Hall–Kier alpha value is -3.38. The van der Waals surface area contributed by atoms with Gasteiger partial charge in [0.15, 0.2) is 0 Å². The zero-order chi connectivity index (χ0) is 22.0. The van der Waals surface area contributed by atoms with Crippen molar-refractivity contribution in [2.24, 2.45) is 0 Å². The molecule has 158 valence electrons. The second kappa shape index (κ2) is 8.78. The van der Waals surface area contributed by atoms with Crippen molar-refractivity contribution in [3.05, 3.63) is 94.3 Å². The van der Waals surface area contributed by atoms with Crippen molar-refractivity contribution in [3.8, 4) is 11.1 Å². The van der Waals surface area contributed by atoms with E-state index in [0.717, 1.165) is 28.3 Å². The fourth-order valence-electron chi connectivity index (χ4n) is 3.88. The van der Waals surface area contributed by atoms with Gasteiger partial charge < -0.3 is 15.2 Å². The monoisotopic (exact) mass is 439 g/mol. The van der Waals surface area contributed by atoms with Crippen molar-refractivity contribution < 1.29 is 23.8 Å². The summed E-state index contributed by atoms with van der Waals surface area (Å²) in [6.45, 7) is 0.0780. The van der Waals surface area contributed by atoms with E-state index in [1.54, 1.807) is 0 Å². The van der Waals surface area contributed by atoms with Crippen LogP contribution in [0.4, 0.5) is 9.18 Å². The first-order valence-corrected chi connectivity index (χ1v) is 10.1. The molecule has 5 nitrogen and oxygen atoms in total. The first-order chi connectivity index (χ1) is 14.9. The summed E-state index contributed by atoms with van der Waals surface area (Å²) in [6.07, 6.45) is -0.887. The molecule has 3 aromatic carbocycles. The van der Waals surface area contributed by atoms with Gasteiger partial charge in [-0.05, 0) is 39.9 Å². The fourth-order valence-corrected chi connectivity index (χ4v) is 4.09. The number of halogens is 2. The van der Waals surface area contributed by atoms with Crippen molar-refractivity contribution in [2.45, 2.75) is 18.4 Å². The zero-order valence-corrected chi connectivity index (χ0v) is 17.1. The van der Waals surface area contributed by atoms with E-state index in [1.807, 2.05) is 48.5 Å². The number of nitrogens with one attached hydrogen (secondary N) is 1. The maximum atomic E-state index is 13.3. The molecule has 0 unspecified atom stereocenters. The average molecular weight is 440 g/mol. The van der Waals surface area contributed by atoms with Crippen LogP contribution in [-0.2, 0) is 16.0 Å². The number of rotatable bonds is 6. The molecule has 7 heteroatoms. The Morgan fingerprint density at radius 2 is 1.65 bits per heavy atom. The van der Waals surface area contributed by atoms with Gasteiger partial charge in [0.25, 0.3) is 0 Å². The highest BCUT2D eigenvalue weighted by atomic mass is 35.5.